The van der Waals surface area contributed by atoms with Gasteiger partial charge in [0.15, 0.2) is 0 Å². The molecular weight excluding hydrogens is 296 g/mol. The van der Waals surface area contributed by atoms with Gasteiger partial charge in [-0.3, -0.25) is 4.31 Å². The molecule has 20 heavy (non-hydrogen) atoms. The first-order valence-corrected chi connectivity index (χ1v) is 8.40. The van der Waals surface area contributed by atoms with Gasteiger partial charge >= 0.3 is 0 Å². The smallest absolute Gasteiger partial charge is 0.237 e. The second-order valence-corrected chi connectivity index (χ2v) is 7.25. The Bertz CT molecular complexity index is 595. The number of nitrogens with zero attached hydrogens (tertiary/aromatic N) is 1. The molecule has 0 bridgehead atoms. The van der Waals surface area contributed by atoms with Crippen LogP contribution in [0.2, 0.25) is 0 Å². The Labute approximate surface area is 124 Å². The number of para-hydroxylation sites is 1. The molecule has 7 heteroatoms. The molecule has 1 fully saturated rings. The fourth-order valence-electron chi connectivity index (χ4n) is 2.23. The number of rotatable bonds is 5. The molecule has 5 nitrogen and oxygen atoms in total. The van der Waals surface area contributed by atoms with Crippen LogP contribution >= 0.6 is 12.2 Å². The number of anilines is 1. The van der Waals surface area contributed by atoms with E-state index in [1.54, 1.807) is 24.3 Å². The Balaban J connectivity index is 2.25. The molecule has 2 rings (SSSR count). The summed E-state index contributed by atoms with van der Waals surface area (Å²) in [6.45, 7) is 0.632. The fourth-order valence-corrected chi connectivity index (χ4v) is 3.82. The first-order valence-electron chi connectivity index (χ1n) is 6.39. The van der Waals surface area contributed by atoms with Gasteiger partial charge in [-0.15, -0.1) is 0 Å². The molecule has 1 atom stereocenters. The highest BCUT2D eigenvalue weighted by Gasteiger charge is 2.28. The van der Waals surface area contributed by atoms with Crippen LogP contribution in [0.25, 0.3) is 0 Å². The van der Waals surface area contributed by atoms with E-state index >= 15 is 0 Å². The molecular formula is C13H18N2O3S2. The summed E-state index contributed by atoms with van der Waals surface area (Å²) in [5, 5.41) is 0. The third kappa shape index (κ3) is 3.28. The van der Waals surface area contributed by atoms with E-state index in [0.29, 0.717) is 17.9 Å². The van der Waals surface area contributed by atoms with E-state index in [2.05, 4.69) is 0 Å². The van der Waals surface area contributed by atoms with E-state index in [1.807, 2.05) is 0 Å². The molecule has 1 aromatic carbocycles. The van der Waals surface area contributed by atoms with Crippen molar-refractivity contribution in [3.8, 4) is 0 Å². The molecule has 0 spiro atoms. The summed E-state index contributed by atoms with van der Waals surface area (Å²) in [6, 6.07) is 6.95. The van der Waals surface area contributed by atoms with Gasteiger partial charge in [-0.05, 0) is 25.0 Å². The highest BCUT2D eigenvalue weighted by Crippen LogP contribution is 2.24. The van der Waals surface area contributed by atoms with Gasteiger partial charge in [0.2, 0.25) is 10.0 Å². The molecule has 1 aliphatic heterocycles. The van der Waals surface area contributed by atoms with Crippen molar-refractivity contribution in [2.24, 2.45) is 5.73 Å². The lowest BCUT2D eigenvalue weighted by Gasteiger charge is -2.23. The van der Waals surface area contributed by atoms with Gasteiger partial charge < -0.3 is 10.5 Å². The topological polar surface area (TPSA) is 72.6 Å². The van der Waals surface area contributed by atoms with Crippen molar-refractivity contribution in [1.82, 2.24) is 0 Å². The van der Waals surface area contributed by atoms with Gasteiger partial charge in [-0.25, -0.2) is 8.42 Å². The van der Waals surface area contributed by atoms with E-state index in [1.165, 1.54) is 11.4 Å². The van der Waals surface area contributed by atoms with Crippen LogP contribution in [0.5, 0.6) is 0 Å². The zero-order chi connectivity index (χ0) is 14.8. The van der Waals surface area contributed by atoms with Gasteiger partial charge in [0.05, 0.1) is 17.5 Å². The molecule has 1 aliphatic rings. The van der Waals surface area contributed by atoms with Crippen LogP contribution in [0.1, 0.15) is 18.4 Å². The zero-order valence-electron chi connectivity index (χ0n) is 11.3. The number of nitrogens with two attached hydrogens (primary N) is 1. The Kier molecular flexibility index (Phi) is 4.62. The molecule has 0 saturated carbocycles. The molecule has 0 radical (unpaired) electrons. The molecule has 110 valence electrons. The highest BCUT2D eigenvalue weighted by atomic mass is 32.2. The Morgan fingerprint density at radius 1 is 1.50 bits per heavy atom. The van der Waals surface area contributed by atoms with Gasteiger partial charge in [-0.1, -0.05) is 24.4 Å². The third-order valence-corrected chi connectivity index (χ3v) is 5.39. The van der Waals surface area contributed by atoms with E-state index < -0.39 is 10.0 Å². The fraction of sp³-hybridized carbons (Fsp3) is 0.462. The Morgan fingerprint density at radius 2 is 2.20 bits per heavy atom. The average molecular weight is 314 g/mol. The lowest BCUT2D eigenvalue weighted by atomic mass is 10.2. The summed E-state index contributed by atoms with van der Waals surface area (Å²) in [7, 11) is -1.94. The monoisotopic (exact) mass is 314 g/mol. The summed E-state index contributed by atoms with van der Waals surface area (Å²) in [6.07, 6.45) is 1.47. The van der Waals surface area contributed by atoms with Crippen molar-refractivity contribution in [1.29, 1.82) is 0 Å². The first-order chi connectivity index (χ1) is 9.42. The maximum atomic E-state index is 12.4. The second kappa shape index (κ2) is 6.07. The minimum Gasteiger partial charge on any atom is -0.389 e. The van der Waals surface area contributed by atoms with Crippen molar-refractivity contribution in [2.45, 2.75) is 18.9 Å². The maximum absolute atomic E-state index is 12.4. The van der Waals surface area contributed by atoms with Crippen molar-refractivity contribution in [3.05, 3.63) is 29.8 Å². The molecule has 0 aliphatic carbocycles. The van der Waals surface area contributed by atoms with Gasteiger partial charge in [0.1, 0.15) is 4.99 Å². The number of benzene rings is 1. The van der Waals surface area contributed by atoms with Crippen LogP contribution in [0.4, 0.5) is 5.69 Å². The molecule has 1 aromatic rings. The second-order valence-electron chi connectivity index (χ2n) is 4.76. The molecule has 1 unspecified atom stereocenters. The standard InChI is InChI=1S/C13H18N2O3S2/c1-15(12-7-3-2-6-11(12)13(14)19)20(16,17)9-10-5-4-8-18-10/h2-3,6-7,10H,4-5,8-9H2,1H3,(H2,14,19). The van der Waals surface area contributed by atoms with Crippen LogP contribution < -0.4 is 10.0 Å². The summed E-state index contributed by atoms with van der Waals surface area (Å²) >= 11 is 4.97. The minimum absolute atomic E-state index is 0.0187. The maximum Gasteiger partial charge on any atom is 0.237 e. The van der Waals surface area contributed by atoms with Crippen molar-refractivity contribution in [2.75, 3.05) is 23.7 Å². The van der Waals surface area contributed by atoms with Crippen LogP contribution in [0.15, 0.2) is 24.3 Å². The average Bonchev–Trinajstić information content (AvgIpc) is 2.89. The normalized spacial score (nSPS) is 18.9. The first kappa shape index (κ1) is 15.2. The van der Waals surface area contributed by atoms with Crippen molar-refractivity contribution in [3.63, 3.8) is 0 Å². The van der Waals surface area contributed by atoms with Crippen molar-refractivity contribution >= 4 is 32.9 Å². The number of hydrogen-bond acceptors (Lipinski definition) is 4. The number of hydrogen-bond donors (Lipinski definition) is 1. The van der Waals surface area contributed by atoms with Gasteiger partial charge in [-0.2, -0.15) is 0 Å². The predicted molar refractivity (Wildman–Crippen MR) is 83.5 cm³/mol. The number of ether oxygens (including phenoxy) is 1. The molecule has 0 amide bonds. The SMILES string of the molecule is CN(c1ccccc1C(N)=S)S(=O)(=O)CC1CCCO1. The predicted octanol–water partition coefficient (Wildman–Crippen LogP) is 1.27. The summed E-state index contributed by atoms with van der Waals surface area (Å²) in [4.78, 5) is 0.180. The summed E-state index contributed by atoms with van der Waals surface area (Å²) in [5.41, 5.74) is 6.70. The van der Waals surface area contributed by atoms with Crippen LogP contribution in [0, 0.1) is 0 Å². The third-order valence-electron chi connectivity index (χ3n) is 3.35. The minimum atomic E-state index is -3.46. The van der Waals surface area contributed by atoms with Gasteiger partial charge in [0, 0.05) is 19.2 Å². The van der Waals surface area contributed by atoms with E-state index in [9.17, 15) is 8.42 Å². The molecule has 1 saturated heterocycles. The van der Waals surface area contributed by atoms with E-state index in [0.717, 1.165) is 12.8 Å². The number of sulfonamides is 1. The summed E-state index contributed by atoms with van der Waals surface area (Å²) < 4.78 is 31.5. The lowest BCUT2D eigenvalue weighted by molar-refractivity contribution is 0.127. The van der Waals surface area contributed by atoms with E-state index in [4.69, 9.17) is 22.7 Å². The molecule has 1 heterocycles. The molecule has 0 aromatic heterocycles. The Hall–Kier alpha value is -1.18. The molecule has 2 N–H and O–H groups in total. The Morgan fingerprint density at radius 3 is 2.80 bits per heavy atom. The summed E-state index contributed by atoms with van der Waals surface area (Å²) in [5.74, 6) is -0.0187. The quantitative estimate of drug-likeness (QED) is 0.829. The lowest BCUT2D eigenvalue weighted by Crippen LogP contribution is -2.35. The zero-order valence-corrected chi connectivity index (χ0v) is 12.9. The van der Waals surface area contributed by atoms with Crippen LogP contribution in [-0.2, 0) is 14.8 Å². The van der Waals surface area contributed by atoms with Gasteiger partial charge in [0.25, 0.3) is 0 Å². The highest BCUT2D eigenvalue weighted by molar-refractivity contribution is 7.92. The van der Waals surface area contributed by atoms with E-state index in [-0.39, 0.29) is 16.8 Å². The number of thiocarbonyl (C=S) groups is 1. The van der Waals surface area contributed by atoms with Crippen LogP contribution in [0.3, 0.4) is 0 Å². The van der Waals surface area contributed by atoms with Crippen molar-refractivity contribution < 1.29 is 13.2 Å². The largest absolute Gasteiger partial charge is 0.389 e. The van der Waals surface area contributed by atoms with Crippen LogP contribution in [-0.4, -0.2) is 38.9 Å².